The van der Waals surface area contributed by atoms with Gasteiger partial charge < -0.3 is 4.90 Å². The summed E-state index contributed by atoms with van der Waals surface area (Å²) < 4.78 is 50.8. The Balaban J connectivity index is 1.37. The van der Waals surface area contributed by atoms with Gasteiger partial charge >= 0.3 is 0 Å². The van der Waals surface area contributed by atoms with E-state index in [1.807, 2.05) is 12.1 Å². The van der Waals surface area contributed by atoms with Crippen molar-refractivity contribution in [1.29, 1.82) is 0 Å². The van der Waals surface area contributed by atoms with Crippen LogP contribution in [0.5, 0.6) is 0 Å². The maximum absolute atomic E-state index is 13.0. The predicted octanol–water partition coefficient (Wildman–Crippen LogP) is 2.00. The molecular weight excluding hydrogens is 424 g/mol. The van der Waals surface area contributed by atoms with Crippen molar-refractivity contribution in [3.05, 3.63) is 29.8 Å². The summed E-state index contributed by atoms with van der Waals surface area (Å²) in [5.74, 6) is -0.133. The molecule has 3 fully saturated rings. The highest BCUT2D eigenvalue weighted by Gasteiger charge is 2.37. The zero-order valence-corrected chi connectivity index (χ0v) is 18.8. The SMILES string of the molecule is O=C([C@H]1CCS(=O)(=O)C1)N1CCN(S(=O)(=O)c2ccc(C3CCCCC3)cc2)CC1. The van der Waals surface area contributed by atoms with E-state index < -0.39 is 25.8 Å². The summed E-state index contributed by atoms with van der Waals surface area (Å²) in [4.78, 5) is 14.5. The molecule has 2 saturated heterocycles. The van der Waals surface area contributed by atoms with Crippen LogP contribution in [-0.4, -0.2) is 69.6 Å². The van der Waals surface area contributed by atoms with Gasteiger partial charge in [-0.1, -0.05) is 31.4 Å². The Morgan fingerprint density at radius 2 is 1.53 bits per heavy atom. The summed E-state index contributed by atoms with van der Waals surface area (Å²) in [6, 6.07) is 7.31. The molecule has 0 N–H and O–H groups in total. The van der Waals surface area contributed by atoms with Crippen LogP contribution in [0.4, 0.5) is 0 Å². The van der Waals surface area contributed by atoms with Gasteiger partial charge in [-0.25, -0.2) is 16.8 Å². The lowest BCUT2D eigenvalue weighted by atomic mass is 9.84. The number of carbonyl (C=O) groups excluding carboxylic acids is 1. The first-order chi connectivity index (χ1) is 14.3. The number of rotatable bonds is 4. The number of piperazine rings is 1. The average Bonchev–Trinajstić information content (AvgIpc) is 3.13. The summed E-state index contributed by atoms with van der Waals surface area (Å²) in [5.41, 5.74) is 1.22. The van der Waals surface area contributed by atoms with Gasteiger partial charge in [0.15, 0.2) is 9.84 Å². The molecule has 0 unspecified atom stereocenters. The smallest absolute Gasteiger partial charge is 0.243 e. The van der Waals surface area contributed by atoms with Crippen LogP contribution >= 0.6 is 0 Å². The number of hydrogen-bond acceptors (Lipinski definition) is 5. The van der Waals surface area contributed by atoms with E-state index in [1.165, 1.54) is 42.0 Å². The Hall–Kier alpha value is -1.45. The molecule has 0 bridgehead atoms. The Bertz CT molecular complexity index is 975. The molecule has 0 spiro atoms. The van der Waals surface area contributed by atoms with Crippen LogP contribution in [0.15, 0.2) is 29.2 Å². The Morgan fingerprint density at radius 1 is 0.900 bits per heavy atom. The molecule has 3 aliphatic rings. The molecule has 1 atom stereocenters. The minimum absolute atomic E-state index is 0.0641. The quantitative estimate of drug-likeness (QED) is 0.694. The number of sulfonamides is 1. The number of carbonyl (C=O) groups is 1. The standard InChI is InChI=1S/C21H30N2O5S2/c24-21(19-10-15-29(25,26)16-19)22-11-13-23(14-12-22)30(27,28)20-8-6-18(7-9-20)17-4-2-1-3-5-17/h6-9,17,19H,1-5,10-16H2/t19-/m0/s1. The molecule has 166 valence electrons. The molecule has 2 aliphatic heterocycles. The zero-order valence-electron chi connectivity index (χ0n) is 17.2. The van der Waals surface area contributed by atoms with E-state index in [4.69, 9.17) is 0 Å². The van der Waals surface area contributed by atoms with Crippen molar-refractivity contribution >= 4 is 25.8 Å². The van der Waals surface area contributed by atoms with E-state index >= 15 is 0 Å². The number of sulfone groups is 1. The molecule has 2 heterocycles. The highest BCUT2D eigenvalue weighted by atomic mass is 32.2. The van der Waals surface area contributed by atoms with E-state index in [0.717, 1.165) is 0 Å². The lowest BCUT2D eigenvalue weighted by Crippen LogP contribution is -2.52. The van der Waals surface area contributed by atoms with Crippen molar-refractivity contribution in [3.63, 3.8) is 0 Å². The van der Waals surface area contributed by atoms with Crippen molar-refractivity contribution in [2.75, 3.05) is 37.7 Å². The molecule has 1 amide bonds. The number of benzene rings is 1. The summed E-state index contributed by atoms with van der Waals surface area (Å²) >= 11 is 0. The molecule has 9 heteroatoms. The fourth-order valence-electron chi connectivity index (χ4n) is 4.89. The first-order valence-electron chi connectivity index (χ1n) is 10.9. The van der Waals surface area contributed by atoms with Gasteiger partial charge in [0.25, 0.3) is 0 Å². The molecule has 0 radical (unpaired) electrons. The van der Waals surface area contributed by atoms with Crippen LogP contribution in [0.1, 0.15) is 50.0 Å². The van der Waals surface area contributed by atoms with Crippen molar-refractivity contribution in [1.82, 2.24) is 9.21 Å². The molecule has 7 nitrogen and oxygen atoms in total. The second-order valence-corrected chi connectivity index (χ2v) is 12.9. The van der Waals surface area contributed by atoms with Gasteiger partial charge in [-0.05, 0) is 42.9 Å². The van der Waals surface area contributed by atoms with Gasteiger partial charge in [0.05, 0.1) is 22.3 Å². The van der Waals surface area contributed by atoms with Crippen molar-refractivity contribution in [2.45, 2.75) is 49.3 Å². The summed E-state index contributed by atoms with van der Waals surface area (Å²) in [7, 11) is -6.71. The van der Waals surface area contributed by atoms with E-state index in [1.54, 1.807) is 17.0 Å². The van der Waals surface area contributed by atoms with Gasteiger partial charge in [0.2, 0.25) is 15.9 Å². The van der Waals surface area contributed by atoms with E-state index in [0.29, 0.717) is 30.3 Å². The Morgan fingerprint density at radius 3 is 2.10 bits per heavy atom. The van der Waals surface area contributed by atoms with Crippen LogP contribution in [0.25, 0.3) is 0 Å². The summed E-state index contributed by atoms with van der Waals surface area (Å²) in [6.07, 6.45) is 6.47. The average molecular weight is 455 g/mol. The molecular formula is C21H30N2O5S2. The Labute approximate surface area is 179 Å². The highest BCUT2D eigenvalue weighted by molar-refractivity contribution is 7.91. The fraction of sp³-hybridized carbons (Fsp3) is 0.667. The van der Waals surface area contributed by atoms with Crippen LogP contribution in [0.3, 0.4) is 0 Å². The zero-order chi connectivity index (χ0) is 21.4. The third kappa shape index (κ3) is 4.57. The first-order valence-corrected chi connectivity index (χ1v) is 14.1. The van der Waals surface area contributed by atoms with Crippen molar-refractivity contribution in [3.8, 4) is 0 Å². The maximum Gasteiger partial charge on any atom is 0.243 e. The minimum atomic E-state index is -3.60. The second kappa shape index (κ2) is 8.59. The van der Waals surface area contributed by atoms with Gasteiger partial charge in [0.1, 0.15) is 0 Å². The lowest BCUT2D eigenvalue weighted by molar-refractivity contribution is -0.135. The number of hydrogen-bond donors (Lipinski definition) is 0. The third-order valence-corrected chi connectivity index (χ3v) is 10.4. The molecule has 30 heavy (non-hydrogen) atoms. The molecule has 1 saturated carbocycles. The van der Waals surface area contributed by atoms with E-state index in [2.05, 4.69) is 0 Å². The van der Waals surface area contributed by atoms with E-state index in [-0.39, 0.29) is 30.5 Å². The molecule has 1 aliphatic carbocycles. The lowest BCUT2D eigenvalue weighted by Gasteiger charge is -2.35. The number of nitrogens with zero attached hydrogens (tertiary/aromatic N) is 2. The molecule has 4 rings (SSSR count). The Kier molecular flexibility index (Phi) is 6.23. The highest BCUT2D eigenvalue weighted by Crippen LogP contribution is 2.33. The monoisotopic (exact) mass is 454 g/mol. The second-order valence-electron chi connectivity index (χ2n) is 8.73. The van der Waals surface area contributed by atoms with Gasteiger partial charge in [0, 0.05) is 26.2 Å². The van der Waals surface area contributed by atoms with Crippen LogP contribution in [0.2, 0.25) is 0 Å². The van der Waals surface area contributed by atoms with Gasteiger partial charge in [-0.2, -0.15) is 4.31 Å². The van der Waals surface area contributed by atoms with Crippen LogP contribution in [-0.2, 0) is 24.7 Å². The van der Waals surface area contributed by atoms with E-state index in [9.17, 15) is 21.6 Å². The minimum Gasteiger partial charge on any atom is -0.340 e. The number of amides is 1. The van der Waals surface area contributed by atoms with Crippen molar-refractivity contribution in [2.24, 2.45) is 5.92 Å². The van der Waals surface area contributed by atoms with Gasteiger partial charge in [-0.3, -0.25) is 4.79 Å². The third-order valence-electron chi connectivity index (χ3n) is 6.73. The molecule has 1 aromatic carbocycles. The summed E-state index contributed by atoms with van der Waals surface area (Å²) in [5, 5.41) is 0. The first kappa shape index (κ1) is 21.8. The van der Waals surface area contributed by atoms with Crippen molar-refractivity contribution < 1.29 is 21.6 Å². The predicted molar refractivity (Wildman–Crippen MR) is 114 cm³/mol. The summed E-state index contributed by atoms with van der Waals surface area (Å²) in [6.45, 7) is 1.07. The largest absolute Gasteiger partial charge is 0.340 e. The van der Waals surface area contributed by atoms with Crippen LogP contribution < -0.4 is 0 Å². The maximum atomic E-state index is 13.0. The van der Waals surface area contributed by atoms with Gasteiger partial charge in [-0.15, -0.1) is 0 Å². The molecule has 1 aromatic rings. The normalized spacial score (nSPS) is 26.0. The topological polar surface area (TPSA) is 91.8 Å². The fourth-order valence-corrected chi connectivity index (χ4v) is 8.05. The molecule has 0 aromatic heterocycles. The van der Waals surface area contributed by atoms with Crippen LogP contribution in [0, 0.1) is 5.92 Å².